The standard InChI is InChI=1S/C32H34O3/c1-23(26-9-13-28(14-10-26)32(2,3)4)27-11-19-29(20-12-27)34-22-25-7-17-31(18-8-25)35-30-15-5-24(21-33)6-16-30/h5-20,23,33H,21-22H2,1-4H3. The van der Waals surface area contributed by atoms with Crippen LogP contribution in [-0.2, 0) is 18.6 Å². The second-order valence-corrected chi connectivity index (χ2v) is 10.00. The summed E-state index contributed by atoms with van der Waals surface area (Å²) in [5, 5.41) is 9.14. The molecule has 0 aliphatic rings. The predicted molar refractivity (Wildman–Crippen MR) is 142 cm³/mol. The molecular weight excluding hydrogens is 432 g/mol. The van der Waals surface area contributed by atoms with Crippen LogP contribution in [0.15, 0.2) is 97.1 Å². The number of benzene rings is 4. The molecule has 4 rings (SSSR count). The number of ether oxygens (including phenoxy) is 2. The lowest BCUT2D eigenvalue weighted by Crippen LogP contribution is -2.11. The van der Waals surface area contributed by atoms with E-state index in [2.05, 4.69) is 64.1 Å². The van der Waals surface area contributed by atoms with E-state index in [1.54, 1.807) is 0 Å². The number of hydrogen-bond donors (Lipinski definition) is 1. The highest BCUT2D eigenvalue weighted by Gasteiger charge is 2.15. The fourth-order valence-electron chi connectivity index (χ4n) is 3.94. The normalized spacial score (nSPS) is 12.3. The van der Waals surface area contributed by atoms with Crippen LogP contribution in [0, 0.1) is 0 Å². The predicted octanol–water partition coefficient (Wildman–Crippen LogP) is 8.00. The van der Waals surface area contributed by atoms with Gasteiger partial charge < -0.3 is 14.6 Å². The van der Waals surface area contributed by atoms with E-state index in [9.17, 15) is 0 Å². The largest absolute Gasteiger partial charge is 0.489 e. The average Bonchev–Trinajstić information content (AvgIpc) is 2.88. The fourth-order valence-corrected chi connectivity index (χ4v) is 3.94. The summed E-state index contributed by atoms with van der Waals surface area (Å²) in [5.41, 5.74) is 6.05. The first-order valence-electron chi connectivity index (χ1n) is 12.1. The zero-order valence-corrected chi connectivity index (χ0v) is 21.0. The quantitative estimate of drug-likeness (QED) is 0.286. The first kappa shape index (κ1) is 24.6. The molecule has 0 aliphatic heterocycles. The smallest absolute Gasteiger partial charge is 0.127 e. The van der Waals surface area contributed by atoms with Crippen molar-refractivity contribution in [3.8, 4) is 17.2 Å². The summed E-state index contributed by atoms with van der Waals surface area (Å²) < 4.78 is 11.9. The summed E-state index contributed by atoms with van der Waals surface area (Å²) in [4.78, 5) is 0. The maximum Gasteiger partial charge on any atom is 0.127 e. The van der Waals surface area contributed by atoms with Crippen LogP contribution < -0.4 is 9.47 Å². The van der Waals surface area contributed by atoms with Crippen molar-refractivity contribution in [1.29, 1.82) is 0 Å². The van der Waals surface area contributed by atoms with Crippen molar-refractivity contribution in [3.63, 3.8) is 0 Å². The van der Waals surface area contributed by atoms with Crippen LogP contribution >= 0.6 is 0 Å². The molecule has 3 heteroatoms. The molecule has 0 bridgehead atoms. The molecule has 0 aliphatic carbocycles. The van der Waals surface area contributed by atoms with Crippen LogP contribution in [0.1, 0.15) is 61.4 Å². The zero-order chi connectivity index (χ0) is 24.8. The third-order valence-corrected chi connectivity index (χ3v) is 6.33. The summed E-state index contributed by atoms with van der Waals surface area (Å²) in [5.74, 6) is 2.68. The Balaban J connectivity index is 1.31. The Labute approximate surface area is 209 Å². The summed E-state index contributed by atoms with van der Waals surface area (Å²) in [6.45, 7) is 9.49. The molecule has 0 aromatic heterocycles. The molecule has 180 valence electrons. The van der Waals surface area contributed by atoms with Crippen molar-refractivity contribution in [3.05, 3.63) is 125 Å². The van der Waals surface area contributed by atoms with E-state index in [0.29, 0.717) is 12.5 Å². The number of aliphatic hydroxyl groups is 1. The van der Waals surface area contributed by atoms with E-state index in [4.69, 9.17) is 14.6 Å². The molecule has 3 nitrogen and oxygen atoms in total. The lowest BCUT2D eigenvalue weighted by atomic mass is 9.85. The average molecular weight is 467 g/mol. The minimum absolute atomic E-state index is 0.0299. The SMILES string of the molecule is CC(c1ccc(OCc2ccc(Oc3ccc(CO)cc3)cc2)cc1)c1ccc(C(C)(C)C)cc1. The third kappa shape index (κ3) is 6.52. The minimum Gasteiger partial charge on any atom is -0.489 e. The Morgan fingerprint density at radius 2 is 1.09 bits per heavy atom. The maximum atomic E-state index is 9.14. The third-order valence-electron chi connectivity index (χ3n) is 6.33. The molecule has 4 aromatic carbocycles. The number of aliphatic hydroxyl groups excluding tert-OH is 1. The molecule has 1 unspecified atom stereocenters. The van der Waals surface area contributed by atoms with Crippen LogP contribution in [0.3, 0.4) is 0 Å². The van der Waals surface area contributed by atoms with Crippen molar-refractivity contribution in [2.24, 2.45) is 0 Å². The molecule has 0 heterocycles. The van der Waals surface area contributed by atoms with Gasteiger partial charge in [0.05, 0.1) is 6.61 Å². The molecule has 4 aromatic rings. The molecule has 35 heavy (non-hydrogen) atoms. The lowest BCUT2D eigenvalue weighted by molar-refractivity contribution is 0.281. The summed E-state index contributed by atoms with van der Waals surface area (Å²) in [7, 11) is 0. The molecule has 0 radical (unpaired) electrons. The van der Waals surface area contributed by atoms with Gasteiger partial charge in [-0.2, -0.15) is 0 Å². The van der Waals surface area contributed by atoms with E-state index in [1.165, 1.54) is 16.7 Å². The first-order chi connectivity index (χ1) is 16.8. The molecule has 1 atom stereocenters. The molecule has 0 fully saturated rings. The Morgan fingerprint density at radius 3 is 1.57 bits per heavy atom. The van der Waals surface area contributed by atoms with Crippen molar-refractivity contribution in [1.82, 2.24) is 0 Å². The van der Waals surface area contributed by atoms with Crippen LogP contribution in [0.5, 0.6) is 17.2 Å². The second-order valence-electron chi connectivity index (χ2n) is 10.00. The molecular formula is C32H34O3. The van der Waals surface area contributed by atoms with E-state index >= 15 is 0 Å². The van der Waals surface area contributed by atoms with Crippen molar-refractivity contribution < 1.29 is 14.6 Å². The first-order valence-corrected chi connectivity index (χ1v) is 12.1. The Hall–Kier alpha value is -3.56. The van der Waals surface area contributed by atoms with Crippen LogP contribution in [0.25, 0.3) is 0 Å². The number of hydrogen-bond acceptors (Lipinski definition) is 3. The van der Waals surface area contributed by atoms with Gasteiger partial charge in [-0.15, -0.1) is 0 Å². The monoisotopic (exact) mass is 466 g/mol. The molecule has 0 saturated carbocycles. The van der Waals surface area contributed by atoms with E-state index in [0.717, 1.165) is 28.4 Å². The highest BCUT2D eigenvalue weighted by Crippen LogP contribution is 2.29. The topological polar surface area (TPSA) is 38.7 Å². The summed E-state index contributed by atoms with van der Waals surface area (Å²) in [6, 6.07) is 32.7. The maximum absolute atomic E-state index is 9.14. The van der Waals surface area contributed by atoms with Gasteiger partial charge in [0, 0.05) is 5.92 Å². The van der Waals surface area contributed by atoms with Gasteiger partial charge in [0.2, 0.25) is 0 Å². The van der Waals surface area contributed by atoms with Crippen molar-refractivity contribution >= 4 is 0 Å². The molecule has 0 amide bonds. The van der Waals surface area contributed by atoms with Crippen molar-refractivity contribution in [2.45, 2.75) is 52.2 Å². The van der Waals surface area contributed by atoms with Gasteiger partial charge in [-0.05, 0) is 69.6 Å². The second kappa shape index (κ2) is 10.8. The van der Waals surface area contributed by atoms with Crippen LogP contribution in [0.4, 0.5) is 0 Å². The van der Waals surface area contributed by atoms with E-state index in [-0.39, 0.29) is 12.0 Å². The Morgan fingerprint density at radius 1 is 0.629 bits per heavy atom. The van der Waals surface area contributed by atoms with E-state index < -0.39 is 0 Å². The zero-order valence-electron chi connectivity index (χ0n) is 21.0. The van der Waals surface area contributed by atoms with E-state index in [1.807, 2.05) is 60.7 Å². The van der Waals surface area contributed by atoms with Gasteiger partial charge in [-0.25, -0.2) is 0 Å². The van der Waals surface area contributed by atoms with Gasteiger partial charge in [-0.1, -0.05) is 88.4 Å². The highest BCUT2D eigenvalue weighted by atomic mass is 16.5. The van der Waals surface area contributed by atoms with Gasteiger partial charge in [0.25, 0.3) is 0 Å². The van der Waals surface area contributed by atoms with Gasteiger partial charge in [0.15, 0.2) is 0 Å². The van der Waals surface area contributed by atoms with Gasteiger partial charge in [-0.3, -0.25) is 0 Å². The fraction of sp³-hybridized carbons (Fsp3) is 0.250. The molecule has 1 N–H and O–H groups in total. The Bertz CT molecular complexity index is 1200. The highest BCUT2D eigenvalue weighted by molar-refractivity contribution is 5.38. The number of rotatable bonds is 8. The Kier molecular flexibility index (Phi) is 7.57. The van der Waals surface area contributed by atoms with Gasteiger partial charge >= 0.3 is 0 Å². The molecule has 0 spiro atoms. The van der Waals surface area contributed by atoms with Crippen LogP contribution in [-0.4, -0.2) is 5.11 Å². The summed E-state index contributed by atoms with van der Waals surface area (Å²) >= 11 is 0. The van der Waals surface area contributed by atoms with Crippen LogP contribution in [0.2, 0.25) is 0 Å². The molecule has 0 saturated heterocycles. The van der Waals surface area contributed by atoms with Gasteiger partial charge in [0.1, 0.15) is 23.9 Å². The lowest BCUT2D eigenvalue weighted by Gasteiger charge is -2.20. The van der Waals surface area contributed by atoms with Crippen molar-refractivity contribution in [2.75, 3.05) is 0 Å². The summed E-state index contributed by atoms with van der Waals surface area (Å²) in [6.07, 6.45) is 0. The minimum atomic E-state index is 0.0299.